The van der Waals surface area contributed by atoms with Crippen LogP contribution >= 0.6 is 0 Å². The fraction of sp³-hybridized carbons (Fsp3) is 0.312. The second kappa shape index (κ2) is 12.9. The largest absolute Gasteiger partial charge is 0.496 e. The summed E-state index contributed by atoms with van der Waals surface area (Å²) in [6.45, 7) is 6.29. The molecule has 0 radical (unpaired) electrons. The van der Waals surface area contributed by atoms with Crippen LogP contribution in [-0.2, 0) is 17.8 Å². The maximum atomic E-state index is 14.0. The maximum Gasteiger partial charge on any atom is 0.339 e. The number of carboxylic acids is 1. The molecular weight excluding hydrogens is 534 g/mol. The van der Waals surface area contributed by atoms with Crippen molar-refractivity contribution in [3.05, 3.63) is 99.6 Å². The number of nitrogens with two attached hydrogens (primary N) is 2. The van der Waals surface area contributed by atoms with Crippen molar-refractivity contribution < 1.29 is 24.2 Å². The van der Waals surface area contributed by atoms with Crippen LogP contribution in [-0.4, -0.2) is 59.4 Å². The SMILES string of the molecule is COc1ccc(CN(C(=O)C(N)Cc2c(C)cc(C(N)=O)cc2C)C(C)C2=NC(c3ccccc3)CN2)cc1C(=O)O. The number of benzene rings is 3. The Morgan fingerprint density at radius 1 is 1.10 bits per heavy atom. The van der Waals surface area contributed by atoms with Crippen LogP contribution in [0.1, 0.15) is 61.5 Å². The molecule has 220 valence electrons. The number of carbonyl (C=O) groups is 3. The lowest BCUT2D eigenvalue weighted by atomic mass is 9.93. The summed E-state index contributed by atoms with van der Waals surface area (Å²) in [6.07, 6.45) is 0.244. The Balaban J connectivity index is 1.66. The van der Waals surface area contributed by atoms with E-state index in [9.17, 15) is 19.5 Å². The zero-order valence-corrected chi connectivity index (χ0v) is 24.3. The Morgan fingerprint density at radius 3 is 2.36 bits per heavy atom. The lowest BCUT2D eigenvalue weighted by Crippen LogP contribution is -2.52. The van der Waals surface area contributed by atoms with Crippen LogP contribution in [0.15, 0.2) is 65.7 Å². The molecule has 3 aromatic rings. The van der Waals surface area contributed by atoms with Crippen LogP contribution < -0.4 is 21.5 Å². The van der Waals surface area contributed by atoms with Gasteiger partial charge in [-0.3, -0.25) is 14.6 Å². The average molecular weight is 572 g/mol. The molecular formula is C32H37N5O5. The number of amides is 2. The zero-order chi connectivity index (χ0) is 30.6. The van der Waals surface area contributed by atoms with Crippen molar-refractivity contribution in [2.24, 2.45) is 16.5 Å². The van der Waals surface area contributed by atoms with E-state index >= 15 is 0 Å². The summed E-state index contributed by atoms with van der Waals surface area (Å²) in [5.74, 6) is -1.09. The van der Waals surface area contributed by atoms with Gasteiger partial charge < -0.3 is 31.5 Å². The van der Waals surface area contributed by atoms with Crippen molar-refractivity contribution in [2.45, 2.75) is 51.9 Å². The van der Waals surface area contributed by atoms with Crippen LogP contribution in [0.2, 0.25) is 0 Å². The number of carboxylic acid groups (broad SMARTS) is 1. The van der Waals surface area contributed by atoms with Gasteiger partial charge in [0.2, 0.25) is 11.8 Å². The summed E-state index contributed by atoms with van der Waals surface area (Å²) in [5.41, 5.74) is 16.6. The third-order valence-electron chi connectivity index (χ3n) is 7.67. The van der Waals surface area contributed by atoms with E-state index in [0.717, 1.165) is 22.3 Å². The molecule has 42 heavy (non-hydrogen) atoms. The minimum Gasteiger partial charge on any atom is -0.496 e. The highest BCUT2D eigenvalue weighted by Crippen LogP contribution is 2.25. The van der Waals surface area contributed by atoms with Gasteiger partial charge in [-0.05, 0) is 79.3 Å². The van der Waals surface area contributed by atoms with Gasteiger partial charge >= 0.3 is 5.97 Å². The van der Waals surface area contributed by atoms with Crippen molar-refractivity contribution in [1.82, 2.24) is 10.2 Å². The highest BCUT2D eigenvalue weighted by Gasteiger charge is 2.32. The lowest BCUT2D eigenvalue weighted by Gasteiger charge is -2.32. The van der Waals surface area contributed by atoms with Crippen molar-refractivity contribution >= 4 is 23.6 Å². The number of nitrogens with zero attached hydrogens (tertiary/aromatic N) is 2. The van der Waals surface area contributed by atoms with Crippen molar-refractivity contribution in [3.8, 4) is 5.75 Å². The Bertz CT molecular complexity index is 1500. The molecule has 1 aliphatic heterocycles. The Labute approximate surface area is 245 Å². The molecule has 0 saturated carbocycles. The number of primary amides is 1. The van der Waals surface area contributed by atoms with Crippen molar-refractivity contribution in [2.75, 3.05) is 13.7 Å². The van der Waals surface area contributed by atoms with E-state index in [1.165, 1.54) is 13.2 Å². The Morgan fingerprint density at radius 2 is 1.76 bits per heavy atom. The second-order valence-electron chi connectivity index (χ2n) is 10.6. The first kappa shape index (κ1) is 30.3. The van der Waals surface area contributed by atoms with Gasteiger partial charge in [0.05, 0.1) is 25.2 Å². The monoisotopic (exact) mass is 571 g/mol. The first-order chi connectivity index (χ1) is 20.0. The molecule has 0 fully saturated rings. The highest BCUT2D eigenvalue weighted by atomic mass is 16.5. The quantitative estimate of drug-likeness (QED) is 0.275. The Kier molecular flexibility index (Phi) is 9.27. The molecule has 1 heterocycles. The third-order valence-corrected chi connectivity index (χ3v) is 7.67. The number of hydrogen-bond acceptors (Lipinski definition) is 7. The number of ether oxygens (including phenoxy) is 1. The molecule has 0 bridgehead atoms. The van der Waals surface area contributed by atoms with Crippen LogP contribution in [0, 0.1) is 13.8 Å². The number of aryl methyl sites for hydroxylation is 2. The van der Waals surface area contributed by atoms with Gasteiger partial charge in [-0.25, -0.2) is 4.79 Å². The molecule has 0 saturated heterocycles. The predicted octanol–water partition coefficient (Wildman–Crippen LogP) is 3.14. The topological polar surface area (TPSA) is 160 Å². The molecule has 0 spiro atoms. The molecule has 4 rings (SSSR count). The first-order valence-electron chi connectivity index (χ1n) is 13.7. The van der Waals surface area contributed by atoms with Gasteiger partial charge in [0.1, 0.15) is 17.1 Å². The summed E-state index contributed by atoms with van der Waals surface area (Å²) in [4.78, 5) is 44.1. The molecule has 3 atom stereocenters. The fourth-order valence-electron chi connectivity index (χ4n) is 5.33. The van der Waals surface area contributed by atoms with Crippen LogP contribution in [0.3, 0.4) is 0 Å². The summed E-state index contributed by atoms with van der Waals surface area (Å²) >= 11 is 0. The predicted molar refractivity (Wildman–Crippen MR) is 161 cm³/mol. The van der Waals surface area contributed by atoms with Crippen LogP contribution in [0.25, 0.3) is 0 Å². The molecule has 2 amide bonds. The number of rotatable bonds is 11. The highest BCUT2D eigenvalue weighted by molar-refractivity contribution is 5.95. The van der Waals surface area contributed by atoms with E-state index in [0.29, 0.717) is 23.5 Å². The number of nitrogens with one attached hydrogen (secondary N) is 1. The van der Waals surface area contributed by atoms with E-state index in [-0.39, 0.29) is 36.2 Å². The van der Waals surface area contributed by atoms with E-state index in [1.54, 1.807) is 29.2 Å². The Hall–Kier alpha value is -4.70. The molecule has 3 aromatic carbocycles. The first-order valence-corrected chi connectivity index (χ1v) is 13.7. The standard InChI is InChI=1S/C32H37N5O5/c1-18-12-23(29(34)38)13-19(2)24(18)15-26(33)31(39)37(17-21-10-11-28(42-4)25(14-21)32(40)41)20(3)30-35-16-27(36-30)22-8-6-5-7-9-22/h5-14,20,26-27H,15-17,33H2,1-4H3,(H2,34,38)(H,35,36)(H,40,41). The number of aromatic carboxylic acids is 1. The van der Waals surface area contributed by atoms with Crippen LogP contribution in [0.4, 0.5) is 0 Å². The molecule has 6 N–H and O–H groups in total. The number of amidine groups is 1. The summed E-state index contributed by atoms with van der Waals surface area (Å²) in [5, 5.41) is 13.1. The van der Waals surface area contributed by atoms with E-state index in [4.69, 9.17) is 21.2 Å². The molecule has 1 aliphatic rings. The van der Waals surface area contributed by atoms with Crippen molar-refractivity contribution in [3.63, 3.8) is 0 Å². The summed E-state index contributed by atoms with van der Waals surface area (Å²) in [7, 11) is 1.41. The maximum absolute atomic E-state index is 14.0. The summed E-state index contributed by atoms with van der Waals surface area (Å²) < 4.78 is 5.21. The van der Waals surface area contributed by atoms with E-state index in [2.05, 4.69) is 5.32 Å². The molecule has 3 unspecified atom stereocenters. The van der Waals surface area contributed by atoms with Gasteiger partial charge in [-0.2, -0.15) is 0 Å². The molecule has 10 nitrogen and oxygen atoms in total. The van der Waals surface area contributed by atoms with E-state index < -0.39 is 24.0 Å². The third kappa shape index (κ3) is 6.60. The molecule has 0 aliphatic carbocycles. The van der Waals surface area contributed by atoms with Crippen LogP contribution in [0.5, 0.6) is 5.75 Å². The van der Waals surface area contributed by atoms with Gasteiger partial charge in [0, 0.05) is 18.7 Å². The van der Waals surface area contributed by atoms with Crippen molar-refractivity contribution in [1.29, 1.82) is 0 Å². The minimum absolute atomic E-state index is 0.000569. The van der Waals surface area contributed by atoms with Gasteiger partial charge in [0.25, 0.3) is 0 Å². The second-order valence-corrected chi connectivity index (χ2v) is 10.6. The number of methoxy groups -OCH3 is 1. The smallest absolute Gasteiger partial charge is 0.339 e. The molecule has 0 aromatic heterocycles. The van der Waals surface area contributed by atoms with Gasteiger partial charge in [-0.15, -0.1) is 0 Å². The average Bonchev–Trinajstić information content (AvgIpc) is 3.47. The van der Waals surface area contributed by atoms with Gasteiger partial charge in [-0.1, -0.05) is 36.4 Å². The zero-order valence-electron chi connectivity index (χ0n) is 24.3. The minimum atomic E-state index is -1.13. The summed E-state index contributed by atoms with van der Waals surface area (Å²) in [6, 6.07) is 16.6. The van der Waals surface area contributed by atoms with E-state index in [1.807, 2.05) is 51.1 Å². The fourth-order valence-corrected chi connectivity index (χ4v) is 5.33. The number of carbonyl (C=O) groups excluding carboxylic acids is 2. The molecule has 10 heteroatoms. The number of aliphatic imine (C=N–C) groups is 1. The number of hydrogen-bond donors (Lipinski definition) is 4. The normalized spacial score (nSPS) is 15.7. The lowest BCUT2D eigenvalue weighted by molar-refractivity contribution is -0.134. The van der Waals surface area contributed by atoms with Gasteiger partial charge in [0.15, 0.2) is 0 Å².